The van der Waals surface area contributed by atoms with E-state index in [4.69, 9.17) is 11.6 Å². The van der Waals surface area contributed by atoms with Crippen molar-refractivity contribution in [2.75, 3.05) is 22.1 Å². The van der Waals surface area contributed by atoms with E-state index in [0.29, 0.717) is 28.6 Å². The van der Waals surface area contributed by atoms with Gasteiger partial charge in [0.2, 0.25) is 5.95 Å². The molecule has 3 rings (SSSR count). The van der Waals surface area contributed by atoms with Crippen LogP contribution in [0.15, 0.2) is 30.6 Å². The first-order valence-electron chi connectivity index (χ1n) is 7.69. The highest BCUT2D eigenvalue weighted by atomic mass is 35.5. The van der Waals surface area contributed by atoms with Crippen LogP contribution in [0.2, 0.25) is 5.02 Å². The maximum absolute atomic E-state index is 12.3. The summed E-state index contributed by atoms with van der Waals surface area (Å²) in [6.45, 7) is 1.85. The average molecular weight is 381 g/mol. The van der Waals surface area contributed by atoms with Crippen LogP contribution < -0.4 is 10.6 Å². The summed E-state index contributed by atoms with van der Waals surface area (Å²) in [5.74, 6) is 0.224. The molecule has 1 aromatic carbocycles. The maximum atomic E-state index is 12.3. The zero-order chi connectivity index (χ0) is 18.0. The van der Waals surface area contributed by atoms with Crippen molar-refractivity contribution in [3.05, 3.63) is 46.7 Å². The minimum absolute atomic E-state index is 0.0778. The van der Waals surface area contributed by atoms with E-state index in [0.717, 1.165) is 5.56 Å². The second-order valence-corrected chi connectivity index (χ2v) is 8.62. The summed E-state index contributed by atoms with van der Waals surface area (Å²) in [7, 11) is -2.97. The van der Waals surface area contributed by atoms with Crippen molar-refractivity contribution in [1.82, 2.24) is 9.97 Å². The Morgan fingerprint density at radius 3 is 2.60 bits per heavy atom. The molecule has 1 amide bonds. The predicted octanol–water partition coefficient (Wildman–Crippen LogP) is 2.29. The molecular weight excluding hydrogens is 364 g/mol. The van der Waals surface area contributed by atoms with Crippen molar-refractivity contribution in [2.45, 2.75) is 19.4 Å². The number of halogens is 1. The van der Waals surface area contributed by atoms with Crippen molar-refractivity contribution in [1.29, 1.82) is 0 Å². The van der Waals surface area contributed by atoms with Crippen molar-refractivity contribution >= 4 is 39.0 Å². The van der Waals surface area contributed by atoms with Crippen molar-refractivity contribution in [3.8, 4) is 0 Å². The number of nitrogens with zero attached hydrogens (tertiary/aromatic N) is 2. The summed E-state index contributed by atoms with van der Waals surface area (Å²) in [4.78, 5) is 20.4. The van der Waals surface area contributed by atoms with E-state index in [9.17, 15) is 13.2 Å². The van der Waals surface area contributed by atoms with Crippen molar-refractivity contribution < 1.29 is 13.2 Å². The molecule has 1 atom stereocenters. The van der Waals surface area contributed by atoms with Crippen LogP contribution in [0.25, 0.3) is 0 Å². The second-order valence-electron chi connectivity index (χ2n) is 5.95. The number of aromatic nitrogens is 2. The highest BCUT2D eigenvalue weighted by Crippen LogP contribution is 2.20. The quantitative estimate of drug-likeness (QED) is 0.843. The van der Waals surface area contributed by atoms with E-state index < -0.39 is 9.84 Å². The van der Waals surface area contributed by atoms with Gasteiger partial charge < -0.3 is 10.6 Å². The Bertz CT molecular complexity index is 900. The number of rotatable bonds is 4. The molecule has 1 aliphatic rings. The Morgan fingerprint density at radius 2 is 2.00 bits per heavy atom. The molecule has 1 unspecified atom stereocenters. The van der Waals surface area contributed by atoms with Crippen LogP contribution in [0.3, 0.4) is 0 Å². The predicted molar refractivity (Wildman–Crippen MR) is 96.9 cm³/mol. The monoisotopic (exact) mass is 380 g/mol. The van der Waals surface area contributed by atoms with Crippen molar-refractivity contribution in [3.63, 3.8) is 0 Å². The number of carbonyl (C=O) groups excluding carboxylic acids is 1. The van der Waals surface area contributed by atoms with E-state index in [1.165, 1.54) is 12.4 Å². The minimum Gasteiger partial charge on any atom is -0.350 e. The SMILES string of the molecule is Cc1cc(Cl)ccc1NC(=O)c1cnc(NC2CCS(=O)(=O)C2)nc1. The third kappa shape index (κ3) is 4.46. The van der Waals surface area contributed by atoms with Gasteiger partial charge in [0, 0.05) is 29.1 Å². The molecule has 132 valence electrons. The van der Waals surface area contributed by atoms with E-state index in [-0.39, 0.29) is 23.5 Å². The van der Waals surface area contributed by atoms with Gasteiger partial charge in [-0.15, -0.1) is 0 Å². The van der Waals surface area contributed by atoms with E-state index in [1.54, 1.807) is 18.2 Å². The minimum atomic E-state index is -2.97. The Kier molecular flexibility index (Phi) is 4.91. The molecule has 7 nitrogen and oxygen atoms in total. The normalized spacial score (nSPS) is 18.7. The standard InChI is InChI=1S/C16H17ClN4O3S/c1-10-6-12(17)2-3-14(10)21-15(22)11-7-18-16(19-8-11)20-13-4-5-25(23,24)9-13/h2-3,6-8,13H,4-5,9H2,1H3,(H,21,22)(H,18,19,20). The van der Waals surface area contributed by atoms with E-state index in [1.807, 2.05) is 6.92 Å². The zero-order valence-corrected chi connectivity index (χ0v) is 15.1. The molecular formula is C16H17ClN4O3S. The maximum Gasteiger partial charge on any atom is 0.258 e. The van der Waals surface area contributed by atoms with Crippen LogP contribution in [-0.2, 0) is 9.84 Å². The second kappa shape index (κ2) is 6.97. The van der Waals surface area contributed by atoms with Crippen LogP contribution in [0.1, 0.15) is 22.3 Å². The number of nitrogens with one attached hydrogen (secondary N) is 2. The lowest BCUT2D eigenvalue weighted by atomic mass is 10.2. The molecule has 0 spiro atoms. The number of carbonyl (C=O) groups is 1. The summed E-state index contributed by atoms with van der Waals surface area (Å²) in [5.41, 5.74) is 1.81. The molecule has 1 aliphatic heterocycles. The number of hydrogen-bond acceptors (Lipinski definition) is 6. The fraction of sp³-hybridized carbons (Fsp3) is 0.312. The first kappa shape index (κ1) is 17.6. The summed E-state index contributed by atoms with van der Waals surface area (Å²) in [5, 5.41) is 6.36. The molecule has 1 saturated heterocycles. The molecule has 9 heteroatoms. The Morgan fingerprint density at radius 1 is 1.28 bits per heavy atom. The van der Waals surface area contributed by atoms with Crippen LogP contribution >= 0.6 is 11.6 Å². The number of sulfone groups is 1. The first-order chi connectivity index (χ1) is 11.8. The van der Waals surface area contributed by atoms with Gasteiger partial charge in [0.15, 0.2) is 9.84 Å². The number of benzene rings is 1. The number of amides is 1. The summed E-state index contributed by atoms with van der Waals surface area (Å²) in [6, 6.07) is 4.99. The highest BCUT2D eigenvalue weighted by Gasteiger charge is 2.28. The van der Waals surface area contributed by atoms with E-state index >= 15 is 0 Å². The molecule has 2 heterocycles. The van der Waals surface area contributed by atoms with Gasteiger partial charge in [-0.3, -0.25) is 4.79 Å². The highest BCUT2D eigenvalue weighted by molar-refractivity contribution is 7.91. The number of hydrogen-bond donors (Lipinski definition) is 2. The van der Waals surface area contributed by atoms with Gasteiger partial charge in [0.1, 0.15) is 0 Å². The van der Waals surface area contributed by atoms with Gasteiger partial charge in [0.25, 0.3) is 5.91 Å². The smallest absolute Gasteiger partial charge is 0.258 e. The van der Waals surface area contributed by atoms with Gasteiger partial charge >= 0.3 is 0 Å². The van der Waals surface area contributed by atoms with Gasteiger partial charge in [-0.2, -0.15) is 0 Å². The lowest BCUT2D eigenvalue weighted by Crippen LogP contribution is -2.22. The van der Waals surface area contributed by atoms with Gasteiger partial charge in [-0.05, 0) is 37.1 Å². The number of aryl methyl sites for hydroxylation is 1. The van der Waals surface area contributed by atoms with Gasteiger partial charge in [0.05, 0.1) is 17.1 Å². The summed E-state index contributed by atoms with van der Waals surface area (Å²) in [6.07, 6.45) is 3.34. The third-order valence-electron chi connectivity index (χ3n) is 3.92. The topological polar surface area (TPSA) is 101 Å². The molecule has 2 aromatic rings. The molecule has 25 heavy (non-hydrogen) atoms. The zero-order valence-electron chi connectivity index (χ0n) is 13.5. The van der Waals surface area contributed by atoms with Crippen LogP contribution in [0, 0.1) is 6.92 Å². The van der Waals surface area contributed by atoms with Crippen molar-refractivity contribution in [2.24, 2.45) is 0 Å². The lowest BCUT2D eigenvalue weighted by molar-refractivity contribution is 0.102. The van der Waals surface area contributed by atoms with Gasteiger partial charge in [-0.1, -0.05) is 11.6 Å². The molecule has 0 bridgehead atoms. The Balaban J connectivity index is 1.64. The average Bonchev–Trinajstić information content (AvgIpc) is 2.89. The van der Waals surface area contributed by atoms with E-state index in [2.05, 4.69) is 20.6 Å². The van der Waals surface area contributed by atoms with Crippen LogP contribution in [0.4, 0.5) is 11.6 Å². The molecule has 2 N–H and O–H groups in total. The largest absolute Gasteiger partial charge is 0.350 e. The fourth-order valence-corrected chi connectivity index (χ4v) is 4.47. The Hall–Kier alpha value is -2.19. The summed E-state index contributed by atoms with van der Waals surface area (Å²) >= 11 is 5.90. The fourth-order valence-electron chi connectivity index (χ4n) is 2.57. The molecule has 0 radical (unpaired) electrons. The van der Waals surface area contributed by atoms with Crippen LogP contribution in [-0.4, -0.2) is 41.8 Å². The molecule has 1 aromatic heterocycles. The molecule has 0 aliphatic carbocycles. The number of anilines is 2. The van der Waals surface area contributed by atoms with Crippen LogP contribution in [0.5, 0.6) is 0 Å². The third-order valence-corrected chi connectivity index (χ3v) is 5.92. The van der Waals surface area contributed by atoms with Gasteiger partial charge in [-0.25, -0.2) is 18.4 Å². The first-order valence-corrected chi connectivity index (χ1v) is 9.89. The molecule has 1 fully saturated rings. The Labute approximate surface area is 150 Å². The summed E-state index contributed by atoms with van der Waals surface area (Å²) < 4.78 is 22.9. The lowest BCUT2D eigenvalue weighted by Gasteiger charge is -2.11. The molecule has 0 saturated carbocycles.